The van der Waals surface area contributed by atoms with Gasteiger partial charge in [0.25, 0.3) is 0 Å². The van der Waals surface area contributed by atoms with Gasteiger partial charge in [-0.25, -0.2) is 9.59 Å². The quantitative estimate of drug-likeness (QED) is 0.477. The molecule has 78 valence electrons. The van der Waals surface area contributed by atoms with Crippen LogP contribution in [-0.2, 0) is 4.79 Å². The van der Waals surface area contributed by atoms with Crippen molar-refractivity contribution < 1.29 is 19.8 Å². The van der Waals surface area contributed by atoms with E-state index in [0.717, 1.165) is 4.90 Å². The molecule has 0 aromatic heterocycles. The summed E-state index contributed by atoms with van der Waals surface area (Å²) in [6, 6.07) is -0.826. The third-order valence-electron chi connectivity index (χ3n) is 1.78. The standard InChI is InChI=1S/C6H9NO4.2H3N/c8-5(9)4-2-1-3-7(4)6(10)11;;/h4H,1-3H2,(H,8,9)(H,10,11);2*1H3. The molecule has 1 fully saturated rings. The zero-order chi connectivity index (χ0) is 8.43. The Morgan fingerprint density at radius 1 is 1.23 bits per heavy atom. The molecule has 0 bridgehead atoms. The van der Waals surface area contributed by atoms with Crippen molar-refractivity contribution in [2.24, 2.45) is 0 Å². The second-order valence-electron chi connectivity index (χ2n) is 2.47. The van der Waals surface area contributed by atoms with Gasteiger partial charge in [0.15, 0.2) is 0 Å². The van der Waals surface area contributed by atoms with Gasteiger partial charge in [-0.2, -0.15) is 0 Å². The summed E-state index contributed by atoms with van der Waals surface area (Å²) >= 11 is 0. The Morgan fingerprint density at radius 3 is 2.08 bits per heavy atom. The van der Waals surface area contributed by atoms with E-state index in [0.29, 0.717) is 19.4 Å². The average Bonchev–Trinajstić information content (AvgIpc) is 2.32. The number of rotatable bonds is 1. The number of likely N-dealkylation sites (tertiary alicyclic amines) is 1. The maximum Gasteiger partial charge on any atom is 0.408 e. The zero-order valence-corrected chi connectivity index (χ0v) is 7.27. The van der Waals surface area contributed by atoms with Crippen molar-refractivity contribution in [3.05, 3.63) is 0 Å². The van der Waals surface area contributed by atoms with E-state index in [1.54, 1.807) is 0 Å². The van der Waals surface area contributed by atoms with Crippen molar-refractivity contribution in [2.45, 2.75) is 18.9 Å². The van der Waals surface area contributed by atoms with Crippen LogP contribution in [0, 0.1) is 0 Å². The smallest absolute Gasteiger partial charge is 0.408 e. The molecule has 0 aliphatic carbocycles. The van der Waals surface area contributed by atoms with Crippen molar-refractivity contribution in [2.75, 3.05) is 6.54 Å². The molecular weight excluding hydrogens is 178 g/mol. The fraction of sp³-hybridized carbons (Fsp3) is 0.667. The molecule has 7 heteroatoms. The largest absolute Gasteiger partial charge is 0.480 e. The fourth-order valence-electron chi connectivity index (χ4n) is 1.25. The van der Waals surface area contributed by atoms with Gasteiger partial charge in [-0.3, -0.25) is 4.90 Å². The predicted molar refractivity (Wildman–Crippen MR) is 45.4 cm³/mol. The van der Waals surface area contributed by atoms with Gasteiger partial charge in [-0.05, 0) is 12.8 Å². The summed E-state index contributed by atoms with van der Waals surface area (Å²) in [6.07, 6.45) is -0.0693. The first kappa shape index (κ1) is 14.2. The van der Waals surface area contributed by atoms with Crippen LogP contribution in [0.2, 0.25) is 0 Å². The van der Waals surface area contributed by atoms with E-state index in [1.165, 1.54) is 0 Å². The van der Waals surface area contributed by atoms with Gasteiger partial charge in [-0.15, -0.1) is 0 Å². The van der Waals surface area contributed by atoms with Crippen molar-refractivity contribution in [1.29, 1.82) is 0 Å². The van der Waals surface area contributed by atoms with E-state index in [1.807, 2.05) is 0 Å². The SMILES string of the molecule is N.N.O=C(O)C1CCCN1C(=O)O. The van der Waals surface area contributed by atoms with E-state index in [4.69, 9.17) is 10.2 Å². The molecule has 1 aliphatic heterocycles. The van der Waals surface area contributed by atoms with E-state index in [2.05, 4.69) is 0 Å². The molecular formula is C6H15N3O4. The number of amides is 1. The lowest BCUT2D eigenvalue weighted by atomic mass is 10.2. The third-order valence-corrected chi connectivity index (χ3v) is 1.78. The fourth-order valence-corrected chi connectivity index (χ4v) is 1.25. The minimum absolute atomic E-state index is 0. The molecule has 0 spiro atoms. The van der Waals surface area contributed by atoms with Crippen LogP contribution < -0.4 is 12.3 Å². The maximum absolute atomic E-state index is 10.4. The van der Waals surface area contributed by atoms with Crippen LogP contribution in [0.15, 0.2) is 0 Å². The predicted octanol–water partition coefficient (Wildman–Crippen LogP) is 0.537. The average molecular weight is 193 g/mol. The van der Waals surface area contributed by atoms with Crippen LogP contribution in [0.25, 0.3) is 0 Å². The molecule has 1 atom stereocenters. The van der Waals surface area contributed by atoms with Crippen molar-refractivity contribution in [3.8, 4) is 0 Å². The highest BCUT2D eigenvalue weighted by Crippen LogP contribution is 2.16. The first-order valence-corrected chi connectivity index (χ1v) is 3.35. The monoisotopic (exact) mass is 193 g/mol. The minimum Gasteiger partial charge on any atom is -0.480 e. The van der Waals surface area contributed by atoms with Gasteiger partial charge < -0.3 is 22.5 Å². The van der Waals surface area contributed by atoms with Crippen LogP contribution in [-0.4, -0.2) is 39.8 Å². The van der Waals surface area contributed by atoms with Crippen molar-refractivity contribution in [1.82, 2.24) is 17.2 Å². The summed E-state index contributed by atoms with van der Waals surface area (Å²) in [7, 11) is 0. The van der Waals surface area contributed by atoms with Crippen LogP contribution in [0.4, 0.5) is 4.79 Å². The maximum atomic E-state index is 10.4. The summed E-state index contributed by atoms with van der Waals surface area (Å²) in [5, 5.41) is 17.0. The number of aliphatic carboxylic acids is 1. The molecule has 1 unspecified atom stereocenters. The van der Waals surface area contributed by atoms with Gasteiger partial charge in [0.1, 0.15) is 6.04 Å². The normalized spacial score (nSPS) is 20.0. The van der Waals surface area contributed by atoms with Gasteiger partial charge in [0, 0.05) is 6.54 Å². The zero-order valence-electron chi connectivity index (χ0n) is 7.27. The van der Waals surface area contributed by atoms with Crippen LogP contribution >= 0.6 is 0 Å². The Balaban J connectivity index is 0. The molecule has 0 radical (unpaired) electrons. The number of carbonyl (C=O) groups is 2. The molecule has 13 heavy (non-hydrogen) atoms. The lowest BCUT2D eigenvalue weighted by Gasteiger charge is -2.16. The van der Waals surface area contributed by atoms with E-state index >= 15 is 0 Å². The highest BCUT2D eigenvalue weighted by molar-refractivity contribution is 5.79. The summed E-state index contributed by atoms with van der Waals surface area (Å²) < 4.78 is 0. The number of carboxylic acids is 1. The van der Waals surface area contributed by atoms with E-state index in [9.17, 15) is 9.59 Å². The molecule has 0 aromatic rings. The molecule has 1 amide bonds. The first-order valence-electron chi connectivity index (χ1n) is 3.35. The van der Waals surface area contributed by atoms with Gasteiger partial charge in [-0.1, -0.05) is 0 Å². The molecule has 7 nitrogen and oxygen atoms in total. The first-order chi connectivity index (χ1) is 5.13. The summed E-state index contributed by atoms with van der Waals surface area (Å²) in [4.78, 5) is 21.8. The van der Waals surface area contributed by atoms with Crippen LogP contribution in [0.5, 0.6) is 0 Å². The van der Waals surface area contributed by atoms with Gasteiger partial charge >= 0.3 is 12.1 Å². The van der Waals surface area contributed by atoms with Crippen LogP contribution in [0.1, 0.15) is 12.8 Å². The highest BCUT2D eigenvalue weighted by atomic mass is 16.4. The van der Waals surface area contributed by atoms with Gasteiger partial charge in [0.2, 0.25) is 0 Å². The Hall–Kier alpha value is -1.34. The Bertz CT molecular complexity index is 176. The number of nitrogens with zero attached hydrogens (tertiary/aromatic N) is 1. The molecule has 1 heterocycles. The lowest BCUT2D eigenvalue weighted by molar-refractivity contribution is -0.141. The Kier molecular flexibility index (Phi) is 5.82. The molecule has 1 rings (SSSR count). The summed E-state index contributed by atoms with van der Waals surface area (Å²) in [5.41, 5.74) is 0. The third kappa shape index (κ3) is 2.88. The van der Waals surface area contributed by atoms with Crippen LogP contribution in [0.3, 0.4) is 0 Å². The molecule has 8 N–H and O–H groups in total. The second kappa shape index (κ2) is 5.33. The Morgan fingerprint density at radius 2 is 1.77 bits per heavy atom. The number of hydrogen-bond acceptors (Lipinski definition) is 4. The Labute approximate surface area is 75.5 Å². The molecule has 0 aromatic carbocycles. The van der Waals surface area contributed by atoms with E-state index < -0.39 is 18.1 Å². The van der Waals surface area contributed by atoms with Crippen molar-refractivity contribution >= 4 is 12.1 Å². The molecule has 1 aliphatic rings. The number of carboxylic acid groups (broad SMARTS) is 2. The summed E-state index contributed by atoms with van der Waals surface area (Å²) in [6.45, 7) is 0.340. The lowest BCUT2D eigenvalue weighted by Crippen LogP contribution is -2.39. The number of hydrogen-bond donors (Lipinski definition) is 4. The summed E-state index contributed by atoms with van der Waals surface area (Å²) in [5.74, 6) is -1.05. The van der Waals surface area contributed by atoms with E-state index in [-0.39, 0.29) is 12.3 Å². The molecule has 1 saturated heterocycles. The van der Waals surface area contributed by atoms with Gasteiger partial charge in [0.05, 0.1) is 0 Å². The topological polar surface area (TPSA) is 148 Å². The van der Waals surface area contributed by atoms with Crippen molar-refractivity contribution in [3.63, 3.8) is 0 Å². The highest BCUT2D eigenvalue weighted by Gasteiger charge is 2.33. The second-order valence-corrected chi connectivity index (χ2v) is 2.47. The minimum atomic E-state index is -1.14. The molecule has 0 saturated carbocycles.